The van der Waals surface area contributed by atoms with E-state index >= 15 is 0 Å². The highest BCUT2D eigenvalue weighted by Gasteiger charge is 2.19. The van der Waals surface area contributed by atoms with E-state index in [2.05, 4.69) is 15.8 Å². The van der Waals surface area contributed by atoms with Gasteiger partial charge in [-0.3, -0.25) is 9.59 Å². The van der Waals surface area contributed by atoms with E-state index in [0.717, 1.165) is 0 Å². The van der Waals surface area contributed by atoms with Gasteiger partial charge in [-0.2, -0.15) is 5.10 Å². The van der Waals surface area contributed by atoms with E-state index in [1.165, 1.54) is 19.4 Å². The molecule has 0 heterocycles. The van der Waals surface area contributed by atoms with Crippen molar-refractivity contribution in [1.29, 1.82) is 0 Å². The smallest absolute Gasteiger partial charge is 0.329 e. The van der Waals surface area contributed by atoms with Crippen molar-refractivity contribution in [3.05, 3.63) is 23.8 Å². The van der Waals surface area contributed by atoms with Gasteiger partial charge in [0.05, 0.1) is 13.3 Å². The summed E-state index contributed by atoms with van der Waals surface area (Å²) in [5.41, 5.74) is 2.22. The van der Waals surface area contributed by atoms with E-state index in [1.807, 2.05) is 0 Å². The summed E-state index contributed by atoms with van der Waals surface area (Å²) < 4.78 is 4.94. The van der Waals surface area contributed by atoms with Crippen LogP contribution in [0.15, 0.2) is 23.3 Å². The van der Waals surface area contributed by atoms with Crippen LogP contribution >= 0.6 is 0 Å². The molecule has 3 N–H and O–H groups in total. The Bertz CT molecular complexity index is 562. The number of amides is 2. The molecule has 0 aliphatic carbocycles. The summed E-state index contributed by atoms with van der Waals surface area (Å²) in [6, 6.07) is 4.57. The van der Waals surface area contributed by atoms with Gasteiger partial charge in [-0.05, 0) is 44.5 Å². The molecule has 0 saturated heterocycles. The Morgan fingerprint density at radius 2 is 1.95 bits per heavy atom. The molecule has 2 amide bonds. The molecule has 0 unspecified atom stereocenters. The molecule has 0 bridgehead atoms. The van der Waals surface area contributed by atoms with Crippen LogP contribution in [0, 0.1) is 0 Å². The Labute approximate surface area is 123 Å². The molecular weight excluding hydrogens is 274 g/mol. The van der Waals surface area contributed by atoms with Crippen molar-refractivity contribution >= 4 is 18.0 Å². The summed E-state index contributed by atoms with van der Waals surface area (Å²) >= 11 is 0. The SMILES string of the molecule is COc1cc(/C=N/NC(=O)C(=O)NC(C)(C)C)ccc1O. The van der Waals surface area contributed by atoms with E-state index in [1.54, 1.807) is 32.9 Å². The highest BCUT2D eigenvalue weighted by molar-refractivity contribution is 6.35. The van der Waals surface area contributed by atoms with E-state index < -0.39 is 17.4 Å². The van der Waals surface area contributed by atoms with Gasteiger partial charge < -0.3 is 15.2 Å². The second-order valence-corrected chi connectivity index (χ2v) is 5.33. The van der Waals surface area contributed by atoms with Gasteiger partial charge in [0.1, 0.15) is 0 Å². The van der Waals surface area contributed by atoms with Crippen LogP contribution in [-0.2, 0) is 9.59 Å². The summed E-state index contributed by atoms with van der Waals surface area (Å²) in [6.45, 7) is 5.30. The summed E-state index contributed by atoms with van der Waals surface area (Å²) in [6.07, 6.45) is 1.34. The van der Waals surface area contributed by atoms with Gasteiger partial charge in [0, 0.05) is 5.54 Å². The monoisotopic (exact) mass is 293 g/mol. The number of aromatic hydroxyl groups is 1. The molecule has 7 nitrogen and oxygen atoms in total. The summed E-state index contributed by atoms with van der Waals surface area (Å²) in [5, 5.41) is 15.6. The highest BCUT2D eigenvalue weighted by Crippen LogP contribution is 2.25. The van der Waals surface area contributed by atoms with Crippen molar-refractivity contribution < 1.29 is 19.4 Å². The number of phenolic OH excluding ortho intramolecular Hbond substituents is 1. The molecule has 0 spiro atoms. The Hall–Kier alpha value is -2.57. The van der Waals surface area contributed by atoms with Crippen molar-refractivity contribution in [2.45, 2.75) is 26.3 Å². The zero-order valence-corrected chi connectivity index (χ0v) is 12.4. The second-order valence-electron chi connectivity index (χ2n) is 5.33. The number of benzene rings is 1. The topological polar surface area (TPSA) is 100 Å². The maximum atomic E-state index is 11.5. The number of hydrogen-bond donors (Lipinski definition) is 3. The number of carbonyl (C=O) groups excluding carboxylic acids is 2. The van der Waals surface area contributed by atoms with Crippen LogP contribution < -0.4 is 15.5 Å². The number of methoxy groups -OCH3 is 1. The van der Waals surface area contributed by atoms with Crippen LogP contribution in [0.4, 0.5) is 0 Å². The van der Waals surface area contributed by atoms with Crippen LogP contribution in [-0.4, -0.2) is 35.8 Å². The third-order valence-corrected chi connectivity index (χ3v) is 2.28. The summed E-state index contributed by atoms with van der Waals surface area (Å²) in [7, 11) is 1.43. The average Bonchev–Trinajstić information content (AvgIpc) is 2.38. The third-order valence-electron chi connectivity index (χ3n) is 2.28. The lowest BCUT2D eigenvalue weighted by molar-refractivity contribution is -0.140. The van der Waals surface area contributed by atoms with Gasteiger partial charge >= 0.3 is 11.8 Å². The first-order chi connectivity index (χ1) is 9.73. The van der Waals surface area contributed by atoms with Crippen LogP contribution in [0.25, 0.3) is 0 Å². The predicted octanol–water partition coefficient (Wildman–Crippen LogP) is 0.766. The van der Waals surface area contributed by atoms with Gasteiger partial charge in [-0.25, -0.2) is 5.43 Å². The largest absolute Gasteiger partial charge is 0.504 e. The molecular formula is C14H19N3O4. The number of hydrazone groups is 1. The average molecular weight is 293 g/mol. The maximum absolute atomic E-state index is 11.5. The van der Waals surface area contributed by atoms with E-state index in [9.17, 15) is 14.7 Å². The molecule has 0 fully saturated rings. The lowest BCUT2D eigenvalue weighted by atomic mass is 10.1. The minimum atomic E-state index is -0.855. The predicted molar refractivity (Wildman–Crippen MR) is 78.3 cm³/mol. The lowest BCUT2D eigenvalue weighted by Gasteiger charge is -2.19. The first-order valence-corrected chi connectivity index (χ1v) is 6.25. The summed E-state index contributed by atoms with van der Waals surface area (Å²) in [4.78, 5) is 23.0. The van der Waals surface area contributed by atoms with Crippen LogP contribution in [0.3, 0.4) is 0 Å². The minimum absolute atomic E-state index is 0.00300. The normalized spacial score (nSPS) is 11.2. The zero-order valence-electron chi connectivity index (χ0n) is 12.4. The molecule has 1 aromatic carbocycles. The molecule has 114 valence electrons. The number of nitrogens with zero attached hydrogens (tertiary/aromatic N) is 1. The second kappa shape index (κ2) is 6.74. The maximum Gasteiger partial charge on any atom is 0.329 e. The first kappa shape index (κ1) is 16.5. The number of carbonyl (C=O) groups is 2. The molecule has 0 saturated carbocycles. The standard InChI is InChI=1S/C14H19N3O4/c1-14(2,3)16-12(19)13(20)17-15-8-9-5-6-10(18)11(7-9)21-4/h5-8,18H,1-4H3,(H,16,19)(H,17,20)/b15-8+. The molecule has 0 aromatic heterocycles. The molecule has 0 atom stereocenters. The Kier molecular flexibility index (Phi) is 5.29. The molecule has 1 rings (SSSR count). The lowest BCUT2D eigenvalue weighted by Crippen LogP contribution is -2.47. The van der Waals surface area contributed by atoms with Gasteiger partial charge in [-0.1, -0.05) is 0 Å². The number of hydrogen-bond acceptors (Lipinski definition) is 5. The van der Waals surface area contributed by atoms with Crippen molar-refractivity contribution in [2.24, 2.45) is 5.10 Å². The van der Waals surface area contributed by atoms with Gasteiger partial charge in [0.15, 0.2) is 11.5 Å². The van der Waals surface area contributed by atoms with Crippen molar-refractivity contribution in [2.75, 3.05) is 7.11 Å². The van der Waals surface area contributed by atoms with E-state index in [0.29, 0.717) is 5.56 Å². The number of ether oxygens (including phenoxy) is 1. The number of phenols is 1. The van der Waals surface area contributed by atoms with E-state index in [4.69, 9.17) is 4.74 Å². The first-order valence-electron chi connectivity index (χ1n) is 6.25. The van der Waals surface area contributed by atoms with Crippen molar-refractivity contribution in [3.8, 4) is 11.5 Å². The minimum Gasteiger partial charge on any atom is -0.504 e. The van der Waals surface area contributed by atoms with Crippen molar-refractivity contribution in [1.82, 2.24) is 10.7 Å². The van der Waals surface area contributed by atoms with Crippen LogP contribution in [0.1, 0.15) is 26.3 Å². The molecule has 21 heavy (non-hydrogen) atoms. The van der Waals surface area contributed by atoms with Crippen LogP contribution in [0.2, 0.25) is 0 Å². The fraction of sp³-hybridized carbons (Fsp3) is 0.357. The molecule has 0 radical (unpaired) electrons. The van der Waals surface area contributed by atoms with Gasteiger partial charge in [0.2, 0.25) is 0 Å². The highest BCUT2D eigenvalue weighted by atomic mass is 16.5. The number of rotatable bonds is 3. The molecule has 0 aliphatic rings. The third kappa shape index (κ3) is 5.52. The zero-order chi connectivity index (χ0) is 16.0. The van der Waals surface area contributed by atoms with Crippen molar-refractivity contribution in [3.63, 3.8) is 0 Å². The van der Waals surface area contributed by atoms with Crippen LogP contribution in [0.5, 0.6) is 11.5 Å². The fourth-order valence-electron chi connectivity index (χ4n) is 1.39. The number of nitrogens with one attached hydrogen (secondary N) is 2. The quantitative estimate of drug-likeness (QED) is 0.435. The molecule has 7 heteroatoms. The summed E-state index contributed by atoms with van der Waals surface area (Å²) in [5.74, 6) is -1.33. The Morgan fingerprint density at radius 3 is 2.52 bits per heavy atom. The van der Waals surface area contributed by atoms with Gasteiger partial charge in [0.25, 0.3) is 0 Å². The Morgan fingerprint density at radius 1 is 1.29 bits per heavy atom. The fourth-order valence-corrected chi connectivity index (χ4v) is 1.39. The molecule has 1 aromatic rings. The van der Waals surface area contributed by atoms with E-state index in [-0.39, 0.29) is 11.5 Å². The molecule has 0 aliphatic heterocycles. The van der Waals surface area contributed by atoms with Gasteiger partial charge in [-0.15, -0.1) is 0 Å². The Balaban J connectivity index is 2.62.